The number of rotatable bonds is 5. The van der Waals surface area contributed by atoms with Crippen molar-refractivity contribution in [2.24, 2.45) is 0 Å². The summed E-state index contributed by atoms with van der Waals surface area (Å²) in [5.41, 5.74) is -2.23. The molecule has 0 aliphatic carbocycles. The number of esters is 1. The zero-order valence-corrected chi connectivity index (χ0v) is 11.8. The fourth-order valence-corrected chi connectivity index (χ4v) is 1.74. The summed E-state index contributed by atoms with van der Waals surface area (Å²) >= 11 is 0. The van der Waals surface area contributed by atoms with Gasteiger partial charge < -0.3 is 9.84 Å². The molecule has 0 spiro atoms. The summed E-state index contributed by atoms with van der Waals surface area (Å²) in [5, 5.41) is 9.77. The van der Waals surface area contributed by atoms with E-state index in [0.29, 0.717) is 5.56 Å². The lowest BCUT2D eigenvalue weighted by molar-refractivity contribution is -0.260. The predicted octanol–water partition coefficient (Wildman–Crippen LogP) is 3.25. The molecule has 0 aromatic heterocycles. The van der Waals surface area contributed by atoms with Crippen LogP contribution in [0.15, 0.2) is 30.8 Å². The molecular formula is C15H17F3O3. The molecule has 0 amide bonds. The van der Waals surface area contributed by atoms with Crippen LogP contribution in [-0.4, -0.2) is 29.5 Å². The smallest absolute Gasteiger partial charge is 0.428 e. The van der Waals surface area contributed by atoms with Gasteiger partial charge in [-0.05, 0) is 25.0 Å². The number of aryl methyl sites for hydroxylation is 1. The zero-order chi connectivity index (χ0) is 16.3. The molecule has 0 unspecified atom stereocenters. The molecule has 1 aromatic rings. The Morgan fingerprint density at radius 3 is 2.24 bits per heavy atom. The van der Waals surface area contributed by atoms with E-state index in [1.165, 1.54) is 6.92 Å². The molecule has 0 aliphatic rings. The minimum Gasteiger partial charge on any atom is -0.464 e. The van der Waals surface area contributed by atoms with E-state index >= 15 is 0 Å². The van der Waals surface area contributed by atoms with Crippen molar-refractivity contribution in [3.8, 4) is 0 Å². The van der Waals surface area contributed by atoms with Gasteiger partial charge in [0.25, 0.3) is 5.60 Å². The molecule has 0 bridgehead atoms. The van der Waals surface area contributed by atoms with Gasteiger partial charge in [0.2, 0.25) is 0 Å². The molecule has 21 heavy (non-hydrogen) atoms. The van der Waals surface area contributed by atoms with Gasteiger partial charge in [-0.2, -0.15) is 13.2 Å². The summed E-state index contributed by atoms with van der Waals surface area (Å²) in [4.78, 5) is 11.5. The van der Waals surface area contributed by atoms with Gasteiger partial charge in [-0.25, -0.2) is 4.79 Å². The van der Waals surface area contributed by atoms with Crippen molar-refractivity contribution in [3.63, 3.8) is 0 Å². The Balaban J connectivity index is 3.04. The van der Waals surface area contributed by atoms with E-state index in [4.69, 9.17) is 0 Å². The molecular weight excluding hydrogens is 285 g/mol. The lowest BCUT2D eigenvalue weighted by Crippen LogP contribution is -2.53. The van der Waals surface area contributed by atoms with Crippen molar-refractivity contribution in [2.45, 2.75) is 32.0 Å². The van der Waals surface area contributed by atoms with E-state index in [-0.39, 0.29) is 12.2 Å². The number of halogens is 3. The summed E-state index contributed by atoms with van der Waals surface area (Å²) in [6.45, 7) is 6.47. The Morgan fingerprint density at radius 1 is 1.29 bits per heavy atom. The van der Waals surface area contributed by atoms with Crippen LogP contribution in [0, 0.1) is 6.92 Å². The maximum absolute atomic E-state index is 13.0. The van der Waals surface area contributed by atoms with Gasteiger partial charge in [-0.1, -0.05) is 36.4 Å². The molecule has 6 heteroatoms. The van der Waals surface area contributed by atoms with Crippen molar-refractivity contribution < 1.29 is 27.8 Å². The number of hydrogen-bond acceptors (Lipinski definition) is 3. The highest BCUT2D eigenvalue weighted by Crippen LogP contribution is 2.38. The first-order valence-corrected chi connectivity index (χ1v) is 6.33. The summed E-state index contributed by atoms with van der Waals surface area (Å²) in [7, 11) is 0. The molecule has 1 rings (SSSR count). The Hall–Kier alpha value is -1.82. The Kier molecular flexibility index (Phi) is 5.17. The highest BCUT2D eigenvalue weighted by Gasteiger charge is 2.60. The number of benzene rings is 1. The van der Waals surface area contributed by atoms with E-state index in [2.05, 4.69) is 11.3 Å². The minimum atomic E-state index is -5.15. The Morgan fingerprint density at radius 2 is 1.81 bits per heavy atom. The third-order valence-corrected chi connectivity index (χ3v) is 3.01. The van der Waals surface area contributed by atoms with E-state index in [1.54, 1.807) is 24.3 Å². The van der Waals surface area contributed by atoms with Crippen molar-refractivity contribution in [3.05, 3.63) is 42.0 Å². The quantitative estimate of drug-likeness (QED) is 0.849. The van der Waals surface area contributed by atoms with E-state index < -0.39 is 24.2 Å². The molecule has 0 saturated carbocycles. The molecule has 116 valence electrons. The van der Waals surface area contributed by atoms with E-state index in [9.17, 15) is 23.1 Å². The van der Waals surface area contributed by atoms with Crippen LogP contribution >= 0.6 is 0 Å². The monoisotopic (exact) mass is 302 g/mol. The van der Waals surface area contributed by atoms with Crippen LogP contribution in [0.2, 0.25) is 0 Å². The van der Waals surface area contributed by atoms with E-state index in [0.717, 1.165) is 5.56 Å². The average Bonchev–Trinajstić information content (AvgIpc) is 2.38. The maximum atomic E-state index is 13.0. The van der Waals surface area contributed by atoms with Crippen LogP contribution in [0.25, 0.3) is 5.57 Å². The Labute approximate surface area is 121 Å². The number of ether oxygens (including phenoxy) is 1. The van der Waals surface area contributed by atoms with Gasteiger partial charge in [0.1, 0.15) is 0 Å². The van der Waals surface area contributed by atoms with Crippen LogP contribution < -0.4 is 0 Å². The van der Waals surface area contributed by atoms with Crippen LogP contribution in [0.1, 0.15) is 24.5 Å². The predicted molar refractivity (Wildman–Crippen MR) is 72.5 cm³/mol. The van der Waals surface area contributed by atoms with Crippen molar-refractivity contribution >= 4 is 11.5 Å². The maximum Gasteiger partial charge on any atom is 0.428 e. The van der Waals surface area contributed by atoms with Gasteiger partial charge in [0.05, 0.1) is 6.61 Å². The fourth-order valence-electron chi connectivity index (χ4n) is 1.74. The lowest BCUT2D eigenvalue weighted by atomic mass is 9.90. The van der Waals surface area contributed by atoms with Gasteiger partial charge >= 0.3 is 12.1 Å². The largest absolute Gasteiger partial charge is 0.464 e. The van der Waals surface area contributed by atoms with Gasteiger partial charge in [-0.3, -0.25) is 0 Å². The van der Waals surface area contributed by atoms with Gasteiger partial charge in [-0.15, -0.1) is 0 Å². The zero-order valence-electron chi connectivity index (χ0n) is 11.8. The number of aliphatic hydroxyl groups is 1. The van der Waals surface area contributed by atoms with Crippen LogP contribution in [0.4, 0.5) is 13.2 Å². The van der Waals surface area contributed by atoms with Crippen LogP contribution in [-0.2, 0) is 9.53 Å². The molecule has 0 saturated heterocycles. The second-order valence-electron chi connectivity index (χ2n) is 4.72. The van der Waals surface area contributed by atoms with Gasteiger partial charge in [0.15, 0.2) is 0 Å². The number of alkyl halides is 3. The number of carbonyl (C=O) groups is 1. The summed E-state index contributed by atoms with van der Waals surface area (Å²) in [5.74, 6) is -1.72. The standard InChI is InChI=1S/C15H17F3O3/c1-4-21-13(19)14(20,15(16,17)18)9-11(3)12-7-5-10(2)6-8-12/h5-8,20H,3-4,9H2,1-2H3/t14-/m1/s1. The number of hydrogen-bond donors (Lipinski definition) is 1. The van der Waals surface area contributed by atoms with Crippen molar-refractivity contribution in [2.75, 3.05) is 6.61 Å². The topological polar surface area (TPSA) is 46.5 Å². The second kappa shape index (κ2) is 6.30. The summed E-state index contributed by atoms with van der Waals surface area (Å²) in [6.07, 6.45) is -6.12. The third kappa shape index (κ3) is 3.85. The fraction of sp³-hybridized carbons (Fsp3) is 0.400. The third-order valence-electron chi connectivity index (χ3n) is 3.01. The lowest BCUT2D eigenvalue weighted by Gasteiger charge is -2.28. The minimum absolute atomic E-state index is 0.00266. The molecule has 0 aliphatic heterocycles. The first-order chi connectivity index (χ1) is 9.61. The molecule has 3 nitrogen and oxygen atoms in total. The summed E-state index contributed by atoms with van der Waals surface area (Å²) < 4.78 is 43.4. The van der Waals surface area contributed by atoms with E-state index in [1.807, 2.05) is 6.92 Å². The van der Waals surface area contributed by atoms with Crippen molar-refractivity contribution in [1.82, 2.24) is 0 Å². The second-order valence-corrected chi connectivity index (χ2v) is 4.72. The molecule has 1 aromatic carbocycles. The Bertz CT molecular complexity index is 520. The highest BCUT2D eigenvalue weighted by atomic mass is 19.4. The number of carbonyl (C=O) groups excluding carboxylic acids is 1. The molecule has 0 radical (unpaired) electrons. The van der Waals surface area contributed by atoms with Crippen LogP contribution in [0.5, 0.6) is 0 Å². The molecule has 0 fully saturated rings. The first-order valence-electron chi connectivity index (χ1n) is 6.33. The molecule has 0 heterocycles. The average molecular weight is 302 g/mol. The van der Waals surface area contributed by atoms with Crippen molar-refractivity contribution in [1.29, 1.82) is 0 Å². The van der Waals surface area contributed by atoms with Crippen LogP contribution in [0.3, 0.4) is 0 Å². The first kappa shape index (κ1) is 17.2. The summed E-state index contributed by atoms with van der Waals surface area (Å²) in [6, 6.07) is 6.58. The highest BCUT2D eigenvalue weighted by molar-refractivity contribution is 5.83. The molecule has 1 atom stereocenters. The molecule has 1 N–H and O–H groups in total. The SMILES string of the molecule is C=C(C[C@@](O)(C(=O)OCC)C(F)(F)F)c1ccc(C)cc1. The van der Waals surface area contributed by atoms with Gasteiger partial charge in [0, 0.05) is 6.42 Å². The normalized spacial score (nSPS) is 14.4.